The van der Waals surface area contributed by atoms with Crippen LogP contribution in [0.4, 0.5) is 5.69 Å². The topological polar surface area (TPSA) is 28.0 Å². The van der Waals surface area contributed by atoms with E-state index in [1.165, 1.54) is 28.0 Å². The van der Waals surface area contributed by atoms with E-state index in [4.69, 9.17) is 5.10 Å². The first kappa shape index (κ1) is 25.3. The minimum Gasteiger partial charge on any atom is -0.363 e. The van der Waals surface area contributed by atoms with Crippen LogP contribution in [0.1, 0.15) is 34.2 Å². The molecular weight excluding hydrogens is 486 g/mol. The molecule has 0 aliphatic carbocycles. The van der Waals surface area contributed by atoms with Crippen molar-refractivity contribution in [3.05, 3.63) is 179 Å². The van der Waals surface area contributed by atoms with Crippen LogP contribution in [0.5, 0.6) is 0 Å². The van der Waals surface area contributed by atoms with Crippen LogP contribution < -0.4 is 4.90 Å². The summed E-state index contributed by atoms with van der Waals surface area (Å²) in [6.45, 7) is 1.68. The second-order valence-corrected chi connectivity index (χ2v) is 9.98. The average molecular weight is 518 g/mol. The van der Waals surface area contributed by atoms with Crippen LogP contribution in [-0.4, -0.2) is 11.4 Å². The van der Waals surface area contributed by atoms with Gasteiger partial charge in [-0.25, -0.2) is 0 Å². The van der Waals surface area contributed by atoms with Gasteiger partial charge in [0.2, 0.25) is 0 Å². The van der Waals surface area contributed by atoms with Gasteiger partial charge >= 0.3 is 0 Å². The predicted molar refractivity (Wildman–Crippen MR) is 168 cm³/mol. The molecule has 0 fully saturated rings. The first-order chi connectivity index (χ1) is 19.8. The first-order valence-electron chi connectivity index (χ1n) is 13.7. The summed E-state index contributed by atoms with van der Waals surface area (Å²) in [6.07, 6.45) is 2.90. The Hall–Kier alpha value is -5.02. The Labute approximate surface area is 236 Å². The zero-order valence-electron chi connectivity index (χ0n) is 22.4. The largest absolute Gasteiger partial charge is 0.363 e. The van der Waals surface area contributed by atoms with Gasteiger partial charge < -0.3 is 4.90 Å². The van der Waals surface area contributed by atoms with Gasteiger partial charge in [-0.3, -0.25) is 0 Å². The van der Waals surface area contributed by atoms with E-state index in [2.05, 4.69) is 137 Å². The highest BCUT2D eigenvalue weighted by atomic mass is 15.2. The zero-order chi connectivity index (χ0) is 27.0. The van der Waals surface area contributed by atoms with Gasteiger partial charge in [0.25, 0.3) is 0 Å². The smallest absolute Gasteiger partial charge is 0.0932 e. The van der Waals surface area contributed by atoms with E-state index in [-0.39, 0.29) is 0 Å². The Balaban J connectivity index is 1.33. The lowest BCUT2D eigenvalue weighted by Gasteiger charge is -2.26. The number of allylic oxidation sites excluding steroid dienone is 2. The van der Waals surface area contributed by atoms with Crippen LogP contribution in [0, 0.1) is 0 Å². The van der Waals surface area contributed by atoms with Crippen molar-refractivity contribution in [2.45, 2.75) is 19.5 Å². The summed E-state index contributed by atoms with van der Waals surface area (Å²) >= 11 is 0. The molecule has 0 aromatic heterocycles. The van der Waals surface area contributed by atoms with Crippen molar-refractivity contribution in [3.63, 3.8) is 0 Å². The second kappa shape index (κ2) is 12.2. The molecule has 0 N–H and O–H groups in total. The van der Waals surface area contributed by atoms with E-state index in [9.17, 15) is 0 Å². The van der Waals surface area contributed by atoms with Crippen molar-refractivity contribution in [2.24, 2.45) is 10.2 Å². The van der Waals surface area contributed by atoms with Gasteiger partial charge in [0.15, 0.2) is 0 Å². The van der Waals surface area contributed by atoms with Crippen LogP contribution in [0.2, 0.25) is 0 Å². The Bertz CT molecular complexity index is 1580. The lowest BCUT2D eigenvalue weighted by atomic mass is 9.94. The normalized spacial score (nSPS) is 13.1. The maximum atomic E-state index is 4.71. The van der Waals surface area contributed by atoms with Gasteiger partial charge in [-0.1, -0.05) is 133 Å². The quantitative estimate of drug-likeness (QED) is 0.203. The lowest BCUT2D eigenvalue weighted by molar-refractivity contribution is 0.800. The summed E-state index contributed by atoms with van der Waals surface area (Å²) in [4.78, 5) is 2.43. The molecule has 1 aliphatic rings. The summed E-state index contributed by atoms with van der Waals surface area (Å²) in [5.74, 6) is 0. The standard InChI is InChI=1S/C37H31N3/c1-5-13-29(14-6-1)27-40(28-30-15-7-2-8-16-30)35-23-21-31(22-24-35)34-25-36(32-17-9-3-10-18-32)38-39-37(26-34)33-19-11-4-12-20-33/h1-25H,26-28H2. The molecule has 0 spiro atoms. The fourth-order valence-electron chi connectivity index (χ4n) is 5.03. The number of anilines is 1. The Morgan fingerprint density at radius 1 is 0.475 bits per heavy atom. The van der Waals surface area contributed by atoms with Crippen LogP contribution in [0.15, 0.2) is 162 Å². The molecule has 40 heavy (non-hydrogen) atoms. The van der Waals surface area contributed by atoms with Crippen molar-refractivity contribution < 1.29 is 0 Å². The van der Waals surface area contributed by atoms with Gasteiger partial charge in [-0.2, -0.15) is 10.2 Å². The summed E-state index contributed by atoms with van der Waals surface area (Å²) in [6, 6.07) is 50.9. The van der Waals surface area contributed by atoms with Crippen LogP contribution in [0.25, 0.3) is 5.57 Å². The molecule has 0 saturated carbocycles. The molecule has 194 valence electrons. The molecule has 5 aromatic rings. The predicted octanol–water partition coefficient (Wildman–Crippen LogP) is 8.57. The molecule has 0 bridgehead atoms. The van der Waals surface area contributed by atoms with Gasteiger partial charge in [0.05, 0.1) is 11.4 Å². The summed E-state index contributed by atoms with van der Waals surface area (Å²) in [5, 5.41) is 9.40. The van der Waals surface area contributed by atoms with Crippen molar-refractivity contribution in [2.75, 3.05) is 4.90 Å². The highest BCUT2D eigenvalue weighted by Gasteiger charge is 2.16. The van der Waals surface area contributed by atoms with Crippen molar-refractivity contribution in [1.29, 1.82) is 0 Å². The Morgan fingerprint density at radius 2 is 0.975 bits per heavy atom. The summed E-state index contributed by atoms with van der Waals surface area (Å²) in [7, 11) is 0. The third kappa shape index (κ3) is 6.16. The Kier molecular flexibility index (Phi) is 7.72. The molecule has 0 atom stereocenters. The number of hydrogen-bond acceptors (Lipinski definition) is 3. The van der Waals surface area contributed by atoms with E-state index in [0.717, 1.165) is 35.6 Å². The third-order valence-electron chi connectivity index (χ3n) is 7.16. The van der Waals surface area contributed by atoms with Gasteiger partial charge in [0, 0.05) is 30.8 Å². The minimum atomic E-state index is 0.709. The van der Waals surface area contributed by atoms with Crippen LogP contribution >= 0.6 is 0 Å². The molecule has 0 saturated heterocycles. The average Bonchev–Trinajstić information content (AvgIpc) is 3.27. The molecule has 1 heterocycles. The van der Waals surface area contributed by atoms with Crippen molar-refractivity contribution >= 4 is 22.7 Å². The molecule has 5 aromatic carbocycles. The highest BCUT2D eigenvalue weighted by molar-refractivity contribution is 6.17. The molecule has 6 rings (SSSR count). The van der Waals surface area contributed by atoms with Gasteiger partial charge in [-0.15, -0.1) is 0 Å². The monoisotopic (exact) mass is 517 g/mol. The Morgan fingerprint density at radius 3 is 1.52 bits per heavy atom. The number of rotatable bonds is 8. The molecular formula is C37H31N3. The van der Waals surface area contributed by atoms with E-state index in [0.29, 0.717) is 6.42 Å². The van der Waals surface area contributed by atoms with Crippen molar-refractivity contribution in [1.82, 2.24) is 0 Å². The van der Waals surface area contributed by atoms with Crippen molar-refractivity contribution in [3.8, 4) is 0 Å². The fourth-order valence-corrected chi connectivity index (χ4v) is 5.03. The van der Waals surface area contributed by atoms with Gasteiger partial charge in [-0.05, 0) is 46.0 Å². The van der Waals surface area contributed by atoms with Crippen LogP contribution in [-0.2, 0) is 13.1 Å². The van der Waals surface area contributed by atoms with Gasteiger partial charge in [0.1, 0.15) is 0 Å². The molecule has 0 unspecified atom stereocenters. The number of hydrogen-bond donors (Lipinski definition) is 0. The highest BCUT2D eigenvalue weighted by Crippen LogP contribution is 2.28. The SMILES string of the molecule is C1=C(c2ccc(N(Cc3ccccc3)Cc3ccccc3)cc2)CC(c2ccccc2)=NN=C1c1ccccc1. The summed E-state index contributed by atoms with van der Waals surface area (Å²) in [5.41, 5.74) is 10.2. The minimum absolute atomic E-state index is 0.709. The maximum absolute atomic E-state index is 4.71. The fraction of sp³-hybridized carbons (Fsp3) is 0.0811. The molecule has 3 heteroatoms. The van der Waals surface area contributed by atoms with E-state index >= 15 is 0 Å². The van der Waals surface area contributed by atoms with Crippen LogP contribution in [0.3, 0.4) is 0 Å². The second-order valence-electron chi connectivity index (χ2n) is 9.98. The molecule has 1 aliphatic heterocycles. The third-order valence-corrected chi connectivity index (χ3v) is 7.16. The summed E-state index contributed by atoms with van der Waals surface area (Å²) < 4.78 is 0. The van der Waals surface area contributed by atoms with E-state index in [1.54, 1.807) is 0 Å². The molecule has 0 amide bonds. The number of benzene rings is 5. The first-order valence-corrected chi connectivity index (χ1v) is 13.7. The maximum Gasteiger partial charge on any atom is 0.0932 e. The van der Waals surface area contributed by atoms with E-state index < -0.39 is 0 Å². The molecule has 0 radical (unpaired) electrons. The number of nitrogens with zero attached hydrogens (tertiary/aromatic N) is 3. The van der Waals surface area contributed by atoms with E-state index in [1.807, 2.05) is 24.3 Å². The zero-order valence-corrected chi connectivity index (χ0v) is 22.4. The molecule has 3 nitrogen and oxygen atoms in total. The lowest BCUT2D eigenvalue weighted by Crippen LogP contribution is -2.22.